The number of hydrogen-bond donors (Lipinski definition) is 1. The van der Waals surface area contributed by atoms with Crippen LogP contribution in [0.2, 0.25) is 0 Å². The van der Waals surface area contributed by atoms with Crippen molar-refractivity contribution in [3.05, 3.63) is 0 Å². The molecule has 0 bridgehead atoms. The van der Waals surface area contributed by atoms with E-state index in [4.69, 9.17) is 0 Å². The first-order valence-corrected chi connectivity index (χ1v) is 9.79. The van der Waals surface area contributed by atoms with Crippen molar-refractivity contribution in [1.29, 1.82) is 0 Å². The zero-order valence-electron chi connectivity index (χ0n) is 13.7. The summed E-state index contributed by atoms with van der Waals surface area (Å²) in [6.45, 7) is 10.8. The second-order valence-electron chi connectivity index (χ2n) is 6.93. The summed E-state index contributed by atoms with van der Waals surface area (Å²) in [5, 5.41) is 3.37. The SMILES string of the molecule is CCN(CC1CCCNC1)S(=O)(=O)N1CC(C)CC(C)C1. The largest absolute Gasteiger partial charge is 0.316 e. The first-order chi connectivity index (χ1) is 9.93. The summed E-state index contributed by atoms with van der Waals surface area (Å²) < 4.78 is 29.2. The molecule has 21 heavy (non-hydrogen) atoms. The van der Waals surface area contributed by atoms with E-state index < -0.39 is 10.2 Å². The lowest BCUT2D eigenvalue weighted by Gasteiger charge is -2.38. The molecular formula is C15H31N3O2S. The summed E-state index contributed by atoms with van der Waals surface area (Å²) in [5.74, 6) is 1.37. The molecule has 2 fully saturated rings. The van der Waals surface area contributed by atoms with Crippen molar-refractivity contribution in [2.75, 3.05) is 39.3 Å². The van der Waals surface area contributed by atoms with Gasteiger partial charge in [0.15, 0.2) is 0 Å². The molecule has 5 nitrogen and oxygen atoms in total. The predicted octanol–water partition coefficient (Wildman–Crippen LogP) is 1.53. The van der Waals surface area contributed by atoms with Crippen LogP contribution in [0.4, 0.5) is 0 Å². The average Bonchev–Trinajstić information content (AvgIpc) is 2.44. The van der Waals surface area contributed by atoms with E-state index in [0.29, 0.717) is 43.9 Å². The van der Waals surface area contributed by atoms with Crippen molar-refractivity contribution < 1.29 is 8.42 Å². The summed E-state index contributed by atoms with van der Waals surface area (Å²) >= 11 is 0. The minimum atomic E-state index is -3.30. The highest BCUT2D eigenvalue weighted by molar-refractivity contribution is 7.86. The Morgan fingerprint density at radius 1 is 1.24 bits per heavy atom. The van der Waals surface area contributed by atoms with Crippen LogP contribution in [0.3, 0.4) is 0 Å². The molecule has 6 heteroatoms. The number of nitrogens with one attached hydrogen (secondary N) is 1. The average molecular weight is 317 g/mol. The van der Waals surface area contributed by atoms with Crippen molar-refractivity contribution in [2.24, 2.45) is 17.8 Å². The quantitative estimate of drug-likeness (QED) is 0.837. The van der Waals surface area contributed by atoms with Gasteiger partial charge in [0, 0.05) is 26.2 Å². The minimum absolute atomic E-state index is 0.452. The fourth-order valence-corrected chi connectivity index (χ4v) is 5.65. The molecule has 2 rings (SSSR count). The van der Waals surface area contributed by atoms with E-state index in [-0.39, 0.29) is 0 Å². The van der Waals surface area contributed by atoms with Gasteiger partial charge >= 0.3 is 0 Å². The smallest absolute Gasteiger partial charge is 0.281 e. The van der Waals surface area contributed by atoms with E-state index in [0.717, 1.165) is 32.4 Å². The van der Waals surface area contributed by atoms with Crippen LogP contribution in [-0.4, -0.2) is 56.3 Å². The van der Waals surface area contributed by atoms with Gasteiger partial charge in [0.25, 0.3) is 10.2 Å². The molecule has 1 N–H and O–H groups in total. The Morgan fingerprint density at radius 3 is 2.43 bits per heavy atom. The highest BCUT2D eigenvalue weighted by Gasteiger charge is 2.35. The lowest BCUT2D eigenvalue weighted by atomic mass is 9.94. The molecule has 2 heterocycles. The highest BCUT2D eigenvalue weighted by atomic mass is 32.2. The van der Waals surface area contributed by atoms with Crippen LogP contribution in [0, 0.1) is 17.8 Å². The van der Waals surface area contributed by atoms with E-state index in [2.05, 4.69) is 19.2 Å². The van der Waals surface area contributed by atoms with Gasteiger partial charge in [0.2, 0.25) is 0 Å². The molecule has 3 unspecified atom stereocenters. The van der Waals surface area contributed by atoms with Gasteiger partial charge in [-0.25, -0.2) is 0 Å². The van der Waals surface area contributed by atoms with Crippen LogP contribution in [0.15, 0.2) is 0 Å². The van der Waals surface area contributed by atoms with Gasteiger partial charge in [0.1, 0.15) is 0 Å². The van der Waals surface area contributed by atoms with Gasteiger partial charge in [-0.05, 0) is 50.1 Å². The molecule has 3 atom stereocenters. The van der Waals surface area contributed by atoms with Gasteiger partial charge < -0.3 is 5.32 Å². The third kappa shape index (κ3) is 4.41. The Bertz CT molecular complexity index is 411. The predicted molar refractivity (Wildman–Crippen MR) is 86.3 cm³/mol. The molecule has 124 valence electrons. The summed E-state index contributed by atoms with van der Waals surface area (Å²) in [4.78, 5) is 0. The Morgan fingerprint density at radius 2 is 1.90 bits per heavy atom. The zero-order valence-corrected chi connectivity index (χ0v) is 14.5. The van der Waals surface area contributed by atoms with Gasteiger partial charge in [-0.2, -0.15) is 17.0 Å². The Balaban J connectivity index is 2.03. The van der Waals surface area contributed by atoms with Crippen molar-refractivity contribution in [3.8, 4) is 0 Å². The standard InChI is InChI=1S/C15H31N3O2S/c1-4-17(12-15-6-5-7-16-9-15)21(19,20)18-10-13(2)8-14(3)11-18/h13-16H,4-12H2,1-3H3. The van der Waals surface area contributed by atoms with Gasteiger partial charge in [-0.1, -0.05) is 20.8 Å². The van der Waals surface area contributed by atoms with Crippen LogP contribution in [0.25, 0.3) is 0 Å². The fourth-order valence-electron chi connectivity index (χ4n) is 3.71. The molecule has 0 radical (unpaired) electrons. The summed E-state index contributed by atoms with van der Waals surface area (Å²) in [6.07, 6.45) is 3.41. The molecule has 0 aliphatic carbocycles. The molecule has 2 aliphatic rings. The molecule has 0 spiro atoms. The maximum atomic E-state index is 12.9. The molecular weight excluding hydrogens is 286 g/mol. The third-order valence-electron chi connectivity index (χ3n) is 4.70. The molecule has 0 saturated carbocycles. The van der Waals surface area contributed by atoms with Crippen LogP contribution in [-0.2, 0) is 10.2 Å². The van der Waals surface area contributed by atoms with Crippen LogP contribution in [0.5, 0.6) is 0 Å². The number of nitrogens with zero attached hydrogens (tertiary/aromatic N) is 2. The lowest BCUT2D eigenvalue weighted by Crippen LogP contribution is -2.51. The lowest BCUT2D eigenvalue weighted by molar-refractivity contribution is 0.203. The van der Waals surface area contributed by atoms with Gasteiger partial charge in [0.05, 0.1) is 0 Å². The van der Waals surface area contributed by atoms with Crippen LogP contribution in [0.1, 0.15) is 40.0 Å². The van der Waals surface area contributed by atoms with Crippen LogP contribution < -0.4 is 5.32 Å². The molecule has 0 aromatic heterocycles. The molecule has 0 amide bonds. The summed E-state index contributed by atoms with van der Waals surface area (Å²) in [6, 6.07) is 0. The summed E-state index contributed by atoms with van der Waals surface area (Å²) in [7, 11) is -3.30. The second-order valence-corrected chi connectivity index (χ2v) is 8.86. The van der Waals surface area contributed by atoms with Crippen molar-refractivity contribution >= 4 is 10.2 Å². The van der Waals surface area contributed by atoms with Crippen molar-refractivity contribution in [2.45, 2.75) is 40.0 Å². The molecule has 2 saturated heterocycles. The first-order valence-electron chi connectivity index (χ1n) is 8.39. The Hall–Kier alpha value is -0.170. The Labute approximate surface area is 130 Å². The van der Waals surface area contributed by atoms with Crippen molar-refractivity contribution in [1.82, 2.24) is 13.9 Å². The number of hydrogen-bond acceptors (Lipinski definition) is 3. The molecule has 0 aromatic carbocycles. The maximum Gasteiger partial charge on any atom is 0.281 e. The van der Waals surface area contributed by atoms with E-state index in [1.165, 1.54) is 0 Å². The van der Waals surface area contributed by atoms with E-state index in [1.807, 2.05) is 6.92 Å². The van der Waals surface area contributed by atoms with E-state index in [1.54, 1.807) is 8.61 Å². The highest BCUT2D eigenvalue weighted by Crippen LogP contribution is 2.25. The van der Waals surface area contributed by atoms with Gasteiger partial charge in [-0.3, -0.25) is 0 Å². The first kappa shape index (κ1) is 17.2. The monoisotopic (exact) mass is 317 g/mol. The van der Waals surface area contributed by atoms with Crippen LogP contribution >= 0.6 is 0 Å². The molecule has 0 aromatic rings. The maximum absolute atomic E-state index is 12.9. The van der Waals surface area contributed by atoms with E-state index in [9.17, 15) is 8.42 Å². The van der Waals surface area contributed by atoms with E-state index >= 15 is 0 Å². The van der Waals surface area contributed by atoms with Gasteiger partial charge in [-0.15, -0.1) is 0 Å². The van der Waals surface area contributed by atoms with Crippen molar-refractivity contribution in [3.63, 3.8) is 0 Å². The Kier molecular flexibility index (Phi) is 6.05. The third-order valence-corrected chi connectivity index (χ3v) is 6.71. The topological polar surface area (TPSA) is 52.7 Å². The molecule has 2 aliphatic heterocycles. The normalized spacial score (nSPS) is 32.5. The number of piperidine rings is 2. The second kappa shape index (κ2) is 7.40. The minimum Gasteiger partial charge on any atom is -0.316 e. The number of rotatable bonds is 5. The zero-order chi connectivity index (χ0) is 15.5. The fraction of sp³-hybridized carbons (Fsp3) is 1.00. The summed E-state index contributed by atoms with van der Waals surface area (Å²) in [5.41, 5.74) is 0.